The van der Waals surface area contributed by atoms with Gasteiger partial charge in [0.05, 0.1) is 11.6 Å². The van der Waals surface area contributed by atoms with Gasteiger partial charge in [0.25, 0.3) is 0 Å². The molecule has 106 valence electrons. The normalized spacial score (nSPS) is 10.8. The van der Waals surface area contributed by atoms with Crippen LogP contribution in [-0.4, -0.2) is 4.98 Å². The molecule has 3 rings (SSSR count). The van der Waals surface area contributed by atoms with Crippen LogP contribution < -0.4 is 4.74 Å². The molecule has 1 aromatic heterocycles. The van der Waals surface area contributed by atoms with Crippen molar-refractivity contribution >= 4 is 22.4 Å². The van der Waals surface area contributed by atoms with E-state index in [9.17, 15) is 4.39 Å². The minimum Gasteiger partial charge on any atom is -0.435 e. The van der Waals surface area contributed by atoms with E-state index in [4.69, 9.17) is 16.3 Å². The van der Waals surface area contributed by atoms with E-state index in [1.807, 2.05) is 37.3 Å². The van der Waals surface area contributed by atoms with Crippen LogP contribution in [0.15, 0.2) is 48.5 Å². The van der Waals surface area contributed by atoms with E-state index in [2.05, 4.69) is 4.98 Å². The Labute approximate surface area is 127 Å². The molecule has 0 saturated carbocycles. The van der Waals surface area contributed by atoms with Crippen molar-refractivity contribution in [2.75, 3.05) is 0 Å². The average Bonchev–Trinajstić information content (AvgIpc) is 2.50. The van der Waals surface area contributed by atoms with Crippen LogP contribution in [-0.2, 0) is 5.88 Å². The van der Waals surface area contributed by atoms with Crippen molar-refractivity contribution in [3.8, 4) is 11.6 Å². The van der Waals surface area contributed by atoms with Crippen LogP contribution >= 0.6 is 11.6 Å². The number of aryl methyl sites for hydroxylation is 1. The molecule has 0 spiro atoms. The van der Waals surface area contributed by atoms with Gasteiger partial charge in [0.15, 0.2) is 11.6 Å². The summed E-state index contributed by atoms with van der Waals surface area (Å²) in [6.45, 7) is 1.88. The summed E-state index contributed by atoms with van der Waals surface area (Å²) in [5.41, 5.74) is 1.61. The summed E-state index contributed by atoms with van der Waals surface area (Å²) in [5.74, 6) is 0.396. The lowest BCUT2D eigenvalue weighted by Crippen LogP contribution is -1.95. The highest BCUT2D eigenvalue weighted by molar-refractivity contribution is 6.17. The second-order valence-corrected chi connectivity index (χ2v) is 5.08. The third-order valence-corrected chi connectivity index (χ3v) is 3.46. The fourth-order valence-electron chi connectivity index (χ4n) is 2.16. The molecular formula is C17H13ClFNO. The summed E-state index contributed by atoms with van der Waals surface area (Å²) >= 11 is 5.87. The van der Waals surface area contributed by atoms with E-state index in [0.717, 1.165) is 16.3 Å². The Morgan fingerprint density at radius 2 is 1.95 bits per heavy atom. The minimum atomic E-state index is -0.414. The summed E-state index contributed by atoms with van der Waals surface area (Å²) < 4.78 is 19.6. The van der Waals surface area contributed by atoms with Crippen LogP contribution in [0.3, 0.4) is 0 Å². The second-order valence-electron chi connectivity index (χ2n) is 4.81. The fourth-order valence-corrected chi connectivity index (χ4v) is 2.30. The standard InChI is InChI=1S/C17H13ClFNO/c1-11-6-7-15(19)16(8-11)21-17-14-5-3-2-4-12(14)9-13(10-18)20-17/h2-9H,10H2,1H3. The number of aromatic nitrogens is 1. The molecule has 0 aliphatic carbocycles. The van der Waals surface area contributed by atoms with Gasteiger partial charge in [0, 0.05) is 5.39 Å². The Balaban J connectivity index is 2.13. The molecule has 0 radical (unpaired) electrons. The van der Waals surface area contributed by atoms with E-state index in [1.54, 1.807) is 12.1 Å². The Bertz CT molecular complexity index is 804. The molecule has 0 unspecified atom stereocenters. The lowest BCUT2D eigenvalue weighted by molar-refractivity contribution is 0.431. The summed E-state index contributed by atoms with van der Waals surface area (Å²) in [5, 5.41) is 1.79. The average molecular weight is 302 g/mol. The first kappa shape index (κ1) is 13.8. The predicted molar refractivity (Wildman–Crippen MR) is 82.5 cm³/mol. The van der Waals surface area contributed by atoms with Crippen LogP contribution in [0.5, 0.6) is 11.6 Å². The van der Waals surface area contributed by atoms with Gasteiger partial charge in [-0.2, -0.15) is 0 Å². The summed E-state index contributed by atoms with van der Waals surface area (Å²) in [6.07, 6.45) is 0. The van der Waals surface area contributed by atoms with Gasteiger partial charge in [0.1, 0.15) is 0 Å². The molecule has 2 aromatic carbocycles. The number of pyridine rings is 1. The van der Waals surface area contributed by atoms with Crippen molar-refractivity contribution in [2.45, 2.75) is 12.8 Å². The van der Waals surface area contributed by atoms with Gasteiger partial charge in [-0.3, -0.25) is 0 Å². The van der Waals surface area contributed by atoms with Crippen molar-refractivity contribution in [3.63, 3.8) is 0 Å². The summed E-state index contributed by atoms with van der Waals surface area (Å²) in [7, 11) is 0. The first-order valence-electron chi connectivity index (χ1n) is 6.56. The monoisotopic (exact) mass is 301 g/mol. The minimum absolute atomic E-state index is 0.166. The van der Waals surface area contributed by atoms with Gasteiger partial charge in [-0.25, -0.2) is 9.37 Å². The number of benzene rings is 2. The number of alkyl halides is 1. The largest absolute Gasteiger partial charge is 0.435 e. The molecule has 21 heavy (non-hydrogen) atoms. The van der Waals surface area contributed by atoms with Crippen LogP contribution in [0.4, 0.5) is 4.39 Å². The Morgan fingerprint density at radius 1 is 1.14 bits per heavy atom. The second kappa shape index (κ2) is 5.70. The molecule has 0 aliphatic rings. The third kappa shape index (κ3) is 2.83. The molecule has 4 heteroatoms. The van der Waals surface area contributed by atoms with Gasteiger partial charge in [-0.05, 0) is 42.1 Å². The van der Waals surface area contributed by atoms with E-state index in [1.165, 1.54) is 6.07 Å². The van der Waals surface area contributed by atoms with E-state index < -0.39 is 5.82 Å². The SMILES string of the molecule is Cc1ccc(F)c(Oc2nc(CCl)cc3ccccc23)c1. The smallest absolute Gasteiger partial charge is 0.227 e. The number of fused-ring (bicyclic) bond motifs is 1. The summed E-state index contributed by atoms with van der Waals surface area (Å²) in [6, 6.07) is 14.3. The Kier molecular flexibility index (Phi) is 3.76. The van der Waals surface area contributed by atoms with Crippen molar-refractivity contribution in [1.82, 2.24) is 4.98 Å². The Morgan fingerprint density at radius 3 is 2.76 bits per heavy atom. The maximum Gasteiger partial charge on any atom is 0.227 e. The van der Waals surface area contributed by atoms with E-state index in [-0.39, 0.29) is 11.6 Å². The van der Waals surface area contributed by atoms with Crippen molar-refractivity contribution in [3.05, 3.63) is 65.6 Å². The van der Waals surface area contributed by atoms with Gasteiger partial charge >= 0.3 is 0 Å². The van der Waals surface area contributed by atoms with Gasteiger partial charge < -0.3 is 4.74 Å². The zero-order chi connectivity index (χ0) is 14.8. The quantitative estimate of drug-likeness (QED) is 0.619. The number of halogens is 2. The molecule has 0 N–H and O–H groups in total. The molecule has 1 heterocycles. The molecule has 0 saturated heterocycles. The van der Waals surface area contributed by atoms with Gasteiger partial charge in [-0.1, -0.05) is 24.3 Å². The molecule has 2 nitrogen and oxygen atoms in total. The number of nitrogens with zero attached hydrogens (tertiary/aromatic N) is 1. The van der Waals surface area contributed by atoms with E-state index in [0.29, 0.717) is 11.6 Å². The predicted octanol–water partition coefficient (Wildman–Crippen LogP) is 5.21. The van der Waals surface area contributed by atoms with Crippen molar-refractivity contribution in [1.29, 1.82) is 0 Å². The van der Waals surface area contributed by atoms with Gasteiger partial charge in [-0.15, -0.1) is 11.6 Å². The molecular weight excluding hydrogens is 289 g/mol. The zero-order valence-electron chi connectivity index (χ0n) is 11.4. The number of ether oxygens (including phenoxy) is 1. The zero-order valence-corrected chi connectivity index (χ0v) is 12.2. The topological polar surface area (TPSA) is 22.1 Å². The van der Waals surface area contributed by atoms with Crippen LogP contribution in [0.25, 0.3) is 10.8 Å². The maximum atomic E-state index is 13.9. The Hall–Kier alpha value is -2.13. The molecule has 0 atom stereocenters. The fraction of sp³-hybridized carbons (Fsp3) is 0.118. The van der Waals surface area contributed by atoms with Crippen LogP contribution in [0.2, 0.25) is 0 Å². The van der Waals surface area contributed by atoms with Crippen molar-refractivity contribution in [2.24, 2.45) is 0 Å². The molecule has 0 aliphatic heterocycles. The summed E-state index contributed by atoms with van der Waals surface area (Å²) in [4.78, 5) is 4.36. The highest BCUT2D eigenvalue weighted by Crippen LogP contribution is 2.31. The molecule has 0 fully saturated rings. The van der Waals surface area contributed by atoms with Crippen LogP contribution in [0, 0.1) is 12.7 Å². The molecule has 0 amide bonds. The highest BCUT2D eigenvalue weighted by atomic mass is 35.5. The maximum absolute atomic E-state index is 13.9. The lowest BCUT2D eigenvalue weighted by atomic mass is 10.1. The number of hydrogen-bond acceptors (Lipinski definition) is 2. The lowest BCUT2D eigenvalue weighted by Gasteiger charge is -2.11. The first-order valence-corrected chi connectivity index (χ1v) is 7.09. The van der Waals surface area contributed by atoms with Gasteiger partial charge in [0.2, 0.25) is 5.88 Å². The molecule has 0 bridgehead atoms. The van der Waals surface area contributed by atoms with Crippen molar-refractivity contribution < 1.29 is 9.13 Å². The number of rotatable bonds is 3. The first-order chi connectivity index (χ1) is 10.2. The van der Waals surface area contributed by atoms with E-state index >= 15 is 0 Å². The molecule has 3 aromatic rings. The van der Waals surface area contributed by atoms with Crippen LogP contribution in [0.1, 0.15) is 11.3 Å². The number of hydrogen-bond donors (Lipinski definition) is 0. The highest BCUT2D eigenvalue weighted by Gasteiger charge is 2.11. The third-order valence-electron chi connectivity index (χ3n) is 3.19.